The van der Waals surface area contributed by atoms with Crippen molar-refractivity contribution in [2.24, 2.45) is 0 Å². The molecule has 2 aromatic rings. The molecule has 1 unspecified atom stereocenters. The van der Waals surface area contributed by atoms with Gasteiger partial charge in [-0.25, -0.2) is 8.78 Å². The van der Waals surface area contributed by atoms with Crippen LogP contribution in [0.15, 0.2) is 41.0 Å². The minimum absolute atomic E-state index is 0.212. The monoisotopic (exact) mass is 253 g/mol. The molecule has 0 fully saturated rings. The zero-order valence-electron chi connectivity index (χ0n) is 9.57. The van der Waals surface area contributed by atoms with Gasteiger partial charge in [-0.1, -0.05) is 6.07 Å². The molecule has 0 spiro atoms. The average Bonchev–Trinajstić information content (AvgIpc) is 2.85. The molecule has 1 atom stereocenters. The van der Waals surface area contributed by atoms with Crippen molar-refractivity contribution in [1.82, 2.24) is 5.32 Å². The van der Waals surface area contributed by atoms with Gasteiger partial charge < -0.3 is 14.8 Å². The lowest BCUT2D eigenvalue weighted by Crippen LogP contribution is -2.21. The smallest absolute Gasteiger partial charge is 0.133 e. The third kappa shape index (κ3) is 3.15. The largest absolute Gasteiger partial charge is 0.467 e. The second kappa shape index (κ2) is 5.75. The summed E-state index contributed by atoms with van der Waals surface area (Å²) in [4.78, 5) is 0. The lowest BCUT2D eigenvalue weighted by molar-refractivity contribution is 0.147. The van der Waals surface area contributed by atoms with Crippen LogP contribution in [0.3, 0.4) is 0 Å². The fraction of sp³-hybridized carbons (Fsp3) is 0.231. The van der Waals surface area contributed by atoms with Gasteiger partial charge in [0.2, 0.25) is 0 Å². The summed E-state index contributed by atoms with van der Waals surface area (Å²) >= 11 is 0. The predicted molar refractivity (Wildman–Crippen MR) is 61.7 cm³/mol. The fourth-order valence-electron chi connectivity index (χ4n) is 1.59. The Hall–Kier alpha value is -1.72. The van der Waals surface area contributed by atoms with Crippen LogP contribution in [0, 0.1) is 11.6 Å². The standard InChI is InChI=1S/C13H13F2NO2/c14-10-4-3-9(11(15)6-10)7-16-8-12(17)13-2-1-5-18-13/h1-6,12,16-17H,7-8H2. The summed E-state index contributed by atoms with van der Waals surface area (Å²) in [5, 5.41) is 12.6. The molecule has 1 aromatic heterocycles. The van der Waals surface area contributed by atoms with Crippen molar-refractivity contribution >= 4 is 0 Å². The maximum atomic E-state index is 13.3. The summed E-state index contributed by atoms with van der Waals surface area (Å²) in [7, 11) is 0. The van der Waals surface area contributed by atoms with Gasteiger partial charge in [0.15, 0.2) is 0 Å². The summed E-state index contributed by atoms with van der Waals surface area (Å²) in [6.07, 6.45) is 0.682. The fourth-order valence-corrected chi connectivity index (χ4v) is 1.59. The van der Waals surface area contributed by atoms with Crippen molar-refractivity contribution in [3.05, 3.63) is 59.6 Å². The number of aliphatic hydroxyl groups is 1. The quantitative estimate of drug-likeness (QED) is 0.860. The lowest BCUT2D eigenvalue weighted by atomic mass is 10.2. The third-order valence-electron chi connectivity index (χ3n) is 2.54. The molecule has 0 aliphatic carbocycles. The SMILES string of the molecule is OC(CNCc1ccc(F)cc1F)c1ccco1. The van der Waals surface area contributed by atoms with E-state index in [2.05, 4.69) is 5.32 Å². The van der Waals surface area contributed by atoms with Gasteiger partial charge in [0.05, 0.1) is 6.26 Å². The number of furan rings is 1. The molecule has 1 aromatic carbocycles. The first-order valence-corrected chi connectivity index (χ1v) is 5.53. The van der Waals surface area contributed by atoms with Crippen molar-refractivity contribution in [1.29, 1.82) is 0 Å². The van der Waals surface area contributed by atoms with Gasteiger partial charge >= 0.3 is 0 Å². The number of aliphatic hydroxyl groups excluding tert-OH is 1. The molecular weight excluding hydrogens is 240 g/mol. The van der Waals surface area contributed by atoms with Gasteiger partial charge in [-0.2, -0.15) is 0 Å². The van der Waals surface area contributed by atoms with Crippen molar-refractivity contribution in [2.75, 3.05) is 6.54 Å². The topological polar surface area (TPSA) is 45.4 Å². The minimum Gasteiger partial charge on any atom is -0.467 e. The molecule has 0 aliphatic heterocycles. The highest BCUT2D eigenvalue weighted by Crippen LogP contribution is 2.13. The van der Waals surface area contributed by atoms with Crippen LogP contribution in [0.1, 0.15) is 17.4 Å². The van der Waals surface area contributed by atoms with Crippen LogP contribution in [-0.4, -0.2) is 11.7 Å². The lowest BCUT2D eigenvalue weighted by Gasteiger charge is -2.10. The summed E-state index contributed by atoms with van der Waals surface area (Å²) in [5.41, 5.74) is 0.350. The Kier molecular flexibility index (Phi) is 4.07. The molecule has 0 saturated heterocycles. The van der Waals surface area contributed by atoms with Crippen LogP contribution in [0.5, 0.6) is 0 Å². The van der Waals surface area contributed by atoms with Crippen LogP contribution in [0.4, 0.5) is 8.78 Å². The Balaban J connectivity index is 1.85. The summed E-state index contributed by atoms with van der Waals surface area (Å²) in [6, 6.07) is 6.74. The van der Waals surface area contributed by atoms with Gasteiger partial charge in [-0.15, -0.1) is 0 Å². The number of hydrogen-bond acceptors (Lipinski definition) is 3. The molecule has 96 valence electrons. The zero-order chi connectivity index (χ0) is 13.0. The predicted octanol–water partition coefficient (Wildman–Crippen LogP) is 2.38. The van der Waals surface area contributed by atoms with Crippen LogP contribution in [0.2, 0.25) is 0 Å². The number of halogens is 2. The van der Waals surface area contributed by atoms with E-state index in [1.54, 1.807) is 12.1 Å². The molecule has 18 heavy (non-hydrogen) atoms. The maximum Gasteiger partial charge on any atom is 0.133 e. The molecule has 5 heteroatoms. The van der Waals surface area contributed by atoms with Crippen LogP contribution in [0.25, 0.3) is 0 Å². The minimum atomic E-state index is -0.788. The maximum absolute atomic E-state index is 13.3. The van der Waals surface area contributed by atoms with Crippen molar-refractivity contribution < 1.29 is 18.3 Å². The van der Waals surface area contributed by atoms with E-state index < -0.39 is 17.7 Å². The van der Waals surface area contributed by atoms with Crippen molar-refractivity contribution in [2.45, 2.75) is 12.6 Å². The molecule has 0 aliphatic rings. The molecule has 0 radical (unpaired) electrons. The Morgan fingerprint density at radius 1 is 1.28 bits per heavy atom. The normalized spacial score (nSPS) is 12.6. The van der Waals surface area contributed by atoms with Gasteiger partial charge in [-0.3, -0.25) is 0 Å². The molecule has 2 rings (SSSR count). The number of rotatable bonds is 5. The summed E-state index contributed by atoms with van der Waals surface area (Å²) < 4.78 is 31.0. The Bertz CT molecular complexity index is 500. The van der Waals surface area contributed by atoms with Crippen LogP contribution in [-0.2, 0) is 6.54 Å². The van der Waals surface area contributed by atoms with Crippen molar-refractivity contribution in [3.63, 3.8) is 0 Å². The van der Waals surface area contributed by atoms with Gasteiger partial charge in [0.1, 0.15) is 23.5 Å². The second-order valence-electron chi connectivity index (χ2n) is 3.90. The van der Waals surface area contributed by atoms with E-state index >= 15 is 0 Å². The number of hydrogen-bond donors (Lipinski definition) is 2. The van der Waals surface area contributed by atoms with E-state index in [9.17, 15) is 13.9 Å². The van der Waals surface area contributed by atoms with E-state index in [1.807, 2.05) is 0 Å². The average molecular weight is 253 g/mol. The molecule has 0 amide bonds. The van der Waals surface area contributed by atoms with Gasteiger partial charge in [0.25, 0.3) is 0 Å². The highest BCUT2D eigenvalue weighted by Gasteiger charge is 2.10. The second-order valence-corrected chi connectivity index (χ2v) is 3.90. The van der Waals surface area contributed by atoms with Crippen molar-refractivity contribution in [3.8, 4) is 0 Å². The van der Waals surface area contributed by atoms with Gasteiger partial charge in [0, 0.05) is 24.7 Å². The van der Waals surface area contributed by atoms with Crippen LogP contribution < -0.4 is 5.32 Å². The third-order valence-corrected chi connectivity index (χ3v) is 2.54. The first-order valence-electron chi connectivity index (χ1n) is 5.53. The molecule has 0 saturated carbocycles. The van der Waals surface area contributed by atoms with E-state index in [-0.39, 0.29) is 13.1 Å². The van der Waals surface area contributed by atoms with E-state index in [0.717, 1.165) is 6.07 Å². The highest BCUT2D eigenvalue weighted by molar-refractivity contribution is 5.18. The molecule has 3 nitrogen and oxygen atoms in total. The molecular formula is C13H13F2NO2. The van der Waals surface area contributed by atoms with E-state index in [1.165, 1.54) is 18.4 Å². The summed E-state index contributed by atoms with van der Waals surface area (Å²) in [5.74, 6) is -0.760. The Labute approximate surface area is 103 Å². The Morgan fingerprint density at radius 3 is 2.78 bits per heavy atom. The Morgan fingerprint density at radius 2 is 2.11 bits per heavy atom. The summed E-state index contributed by atoms with van der Waals surface area (Å²) in [6.45, 7) is 0.439. The first-order chi connectivity index (χ1) is 8.66. The molecule has 0 bridgehead atoms. The zero-order valence-corrected chi connectivity index (χ0v) is 9.57. The van der Waals surface area contributed by atoms with Gasteiger partial charge in [-0.05, 0) is 18.2 Å². The van der Waals surface area contributed by atoms with Crippen LogP contribution >= 0.6 is 0 Å². The first kappa shape index (κ1) is 12.7. The molecule has 1 heterocycles. The van der Waals surface area contributed by atoms with E-state index in [4.69, 9.17) is 4.42 Å². The van der Waals surface area contributed by atoms with E-state index in [0.29, 0.717) is 11.3 Å². The highest BCUT2D eigenvalue weighted by atomic mass is 19.1. The number of benzene rings is 1. The number of nitrogens with one attached hydrogen (secondary N) is 1. The molecule has 2 N–H and O–H groups in total.